The van der Waals surface area contributed by atoms with Crippen LogP contribution in [0.25, 0.3) is 0 Å². The van der Waals surface area contributed by atoms with E-state index in [4.69, 9.17) is 0 Å². The van der Waals surface area contributed by atoms with Crippen LogP contribution in [0.15, 0.2) is 0 Å². The number of nitrogens with zero attached hydrogens (tertiary/aromatic N) is 2. The molecule has 1 N–H and O–H groups in total. The van der Waals surface area contributed by atoms with Crippen molar-refractivity contribution in [3.63, 3.8) is 0 Å². The fourth-order valence-corrected chi connectivity index (χ4v) is 3.88. The zero-order chi connectivity index (χ0) is 13.9. The molecule has 0 aromatic carbocycles. The molecule has 0 aromatic heterocycles. The van der Waals surface area contributed by atoms with Gasteiger partial charge in [0.2, 0.25) is 0 Å². The lowest BCUT2D eigenvalue weighted by Gasteiger charge is -2.48. The van der Waals surface area contributed by atoms with Crippen molar-refractivity contribution in [1.29, 1.82) is 0 Å². The lowest BCUT2D eigenvalue weighted by atomic mass is 9.87. The molecule has 0 saturated carbocycles. The molecule has 2 unspecified atom stereocenters. The molecule has 3 heteroatoms. The van der Waals surface area contributed by atoms with E-state index in [1.807, 2.05) is 0 Å². The predicted octanol–water partition coefficient (Wildman–Crippen LogP) is 2.18. The minimum atomic E-state index is 0.371. The van der Waals surface area contributed by atoms with Crippen LogP contribution in [-0.2, 0) is 0 Å². The minimum Gasteiger partial charge on any atom is -0.308 e. The Bertz CT molecular complexity index is 275. The van der Waals surface area contributed by atoms with Crippen LogP contribution in [0.4, 0.5) is 0 Å². The van der Waals surface area contributed by atoms with E-state index in [0.717, 1.165) is 12.0 Å². The molecule has 2 heterocycles. The third kappa shape index (κ3) is 3.50. The molecule has 19 heavy (non-hydrogen) atoms. The number of likely N-dealkylation sites (tertiary alicyclic amines) is 1. The van der Waals surface area contributed by atoms with Gasteiger partial charge in [-0.3, -0.25) is 4.90 Å². The molecule has 2 rings (SSSR count). The smallest absolute Gasteiger partial charge is 0.0304 e. The highest BCUT2D eigenvalue weighted by Gasteiger charge is 2.37. The summed E-state index contributed by atoms with van der Waals surface area (Å²) < 4.78 is 0. The molecule has 2 atom stereocenters. The largest absolute Gasteiger partial charge is 0.308 e. The standard InChI is InChI=1S/C16H33N3/c1-5-15-10-17-16(6-2,7-3)13-19(15)12-14-8-9-18(4)11-14/h14-15,17H,5-13H2,1-4H3. The predicted molar refractivity (Wildman–Crippen MR) is 82.6 cm³/mol. The zero-order valence-corrected chi connectivity index (χ0v) is 13.4. The summed E-state index contributed by atoms with van der Waals surface area (Å²) in [7, 11) is 2.26. The van der Waals surface area contributed by atoms with E-state index in [-0.39, 0.29) is 0 Å². The summed E-state index contributed by atoms with van der Waals surface area (Å²) in [5.41, 5.74) is 0.371. The van der Waals surface area contributed by atoms with Crippen LogP contribution >= 0.6 is 0 Å². The van der Waals surface area contributed by atoms with Gasteiger partial charge in [0.05, 0.1) is 0 Å². The van der Waals surface area contributed by atoms with Crippen LogP contribution in [0.3, 0.4) is 0 Å². The van der Waals surface area contributed by atoms with Crippen LogP contribution in [0, 0.1) is 5.92 Å². The van der Waals surface area contributed by atoms with Crippen LogP contribution in [0.2, 0.25) is 0 Å². The van der Waals surface area contributed by atoms with E-state index in [9.17, 15) is 0 Å². The van der Waals surface area contributed by atoms with Crippen molar-refractivity contribution in [2.75, 3.05) is 39.8 Å². The van der Waals surface area contributed by atoms with Gasteiger partial charge in [0.1, 0.15) is 0 Å². The number of piperazine rings is 1. The van der Waals surface area contributed by atoms with E-state index in [0.29, 0.717) is 5.54 Å². The first-order valence-electron chi connectivity index (χ1n) is 8.30. The van der Waals surface area contributed by atoms with Crippen LogP contribution in [0.1, 0.15) is 46.5 Å². The first-order chi connectivity index (χ1) is 9.12. The maximum Gasteiger partial charge on any atom is 0.0304 e. The molecule has 0 bridgehead atoms. The topological polar surface area (TPSA) is 18.5 Å². The number of hydrogen-bond acceptors (Lipinski definition) is 3. The van der Waals surface area contributed by atoms with Crippen molar-refractivity contribution in [1.82, 2.24) is 15.1 Å². The highest BCUT2D eigenvalue weighted by Crippen LogP contribution is 2.26. The summed E-state index contributed by atoms with van der Waals surface area (Å²) in [6.07, 6.45) is 5.17. The van der Waals surface area contributed by atoms with E-state index in [1.54, 1.807) is 0 Å². The summed E-state index contributed by atoms with van der Waals surface area (Å²) in [5, 5.41) is 3.84. The van der Waals surface area contributed by atoms with Gasteiger partial charge in [0.15, 0.2) is 0 Å². The Balaban J connectivity index is 1.97. The molecule has 2 fully saturated rings. The van der Waals surface area contributed by atoms with Crippen molar-refractivity contribution in [3.8, 4) is 0 Å². The van der Waals surface area contributed by atoms with Gasteiger partial charge < -0.3 is 10.2 Å². The molecule has 2 aliphatic rings. The van der Waals surface area contributed by atoms with Crippen LogP contribution < -0.4 is 5.32 Å². The molecule has 2 aliphatic heterocycles. The van der Waals surface area contributed by atoms with E-state index in [1.165, 1.54) is 58.4 Å². The van der Waals surface area contributed by atoms with E-state index >= 15 is 0 Å². The maximum absolute atomic E-state index is 3.84. The van der Waals surface area contributed by atoms with Gasteiger partial charge >= 0.3 is 0 Å². The van der Waals surface area contributed by atoms with Gasteiger partial charge in [-0.05, 0) is 45.2 Å². The SMILES string of the molecule is CCC1CNC(CC)(CC)CN1CC1CCN(C)C1. The molecule has 0 spiro atoms. The second-order valence-electron chi connectivity index (χ2n) is 6.78. The second kappa shape index (κ2) is 6.55. The van der Waals surface area contributed by atoms with E-state index in [2.05, 4.69) is 42.9 Å². The molecule has 0 aromatic rings. The normalized spacial score (nSPS) is 32.8. The molecular formula is C16H33N3. The van der Waals surface area contributed by atoms with Crippen molar-refractivity contribution < 1.29 is 0 Å². The van der Waals surface area contributed by atoms with Gasteiger partial charge in [-0.1, -0.05) is 20.8 Å². The summed E-state index contributed by atoms with van der Waals surface area (Å²) in [5.74, 6) is 0.892. The van der Waals surface area contributed by atoms with Gasteiger partial charge in [0.25, 0.3) is 0 Å². The van der Waals surface area contributed by atoms with Crippen molar-refractivity contribution >= 4 is 0 Å². The lowest BCUT2D eigenvalue weighted by Crippen LogP contribution is -2.64. The lowest BCUT2D eigenvalue weighted by molar-refractivity contribution is 0.0583. The summed E-state index contributed by atoms with van der Waals surface area (Å²) in [6.45, 7) is 13.3. The van der Waals surface area contributed by atoms with Gasteiger partial charge in [-0.25, -0.2) is 0 Å². The first kappa shape index (κ1) is 15.3. The Kier molecular flexibility index (Phi) is 5.27. The molecule has 2 saturated heterocycles. The number of rotatable bonds is 5. The van der Waals surface area contributed by atoms with Gasteiger partial charge in [0, 0.05) is 37.8 Å². The third-order valence-corrected chi connectivity index (χ3v) is 5.54. The van der Waals surface area contributed by atoms with Crippen LogP contribution in [0.5, 0.6) is 0 Å². The summed E-state index contributed by atoms with van der Waals surface area (Å²) >= 11 is 0. The molecule has 0 aliphatic carbocycles. The van der Waals surface area contributed by atoms with Gasteiger partial charge in [-0.15, -0.1) is 0 Å². The highest BCUT2D eigenvalue weighted by molar-refractivity contribution is 4.97. The average Bonchev–Trinajstić information content (AvgIpc) is 2.84. The quantitative estimate of drug-likeness (QED) is 0.824. The Morgan fingerprint density at radius 3 is 2.47 bits per heavy atom. The van der Waals surface area contributed by atoms with Crippen molar-refractivity contribution in [2.24, 2.45) is 5.92 Å². The first-order valence-corrected chi connectivity index (χ1v) is 8.30. The number of nitrogens with one attached hydrogen (secondary N) is 1. The minimum absolute atomic E-state index is 0.371. The molecule has 0 amide bonds. The Hall–Kier alpha value is -0.120. The van der Waals surface area contributed by atoms with E-state index < -0.39 is 0 Å². The molecule has 0 radical (unpaired) electrons. The number of hydrogen-bond donors (Lipinski definition) is 1. The average molecular weight is 267 g/mol. The van der Waals surface area contributed by atoms with Gasteiger partial charge in [-0.2, -0.15) is 0 Å². The summed E-state index contributed by atoms with van der Waals surface area (Å²) in [4.78, 5) is 5.29. The maximum atomic E-state index is 3.84. The Labute approximate surface area is 119 Å². The Morgan fingerprint density at radius 1 is 1.21 bits per heavy atom. The monoisotopic (exact) mass is 267 g/mol. The zero-order valence-electron chi connectivity index (χ0n) is 13.4. The second-order valence-corrected chi connectivity index (χ2v) is 6.78. The molecule has 3 nitrogen and oxygen atoms in total. The summed E-state index contributed by atoms with van der Waals surface area (Å²) in [6, 6.07) is 0.747. The Morgan fingerprint density at radius 2 is 1.95 bits per heavy atom. The van der Waals surface area contributed by atoms with Crippen molar-refractivity contribution in [2.45, 2.75) is 58.0 Å². The highest BCUT2D eigenvalue weighted by atomic mass is 15.3. The van der Waals surface area contributed by atoms with Crippen molar-refractivity contribution in [3.05, 3.63) is 0 Å². The fourth-order valence-electron chi connectivity index (χ4n) is 3.88. The fraction of sp³-hybridized carbons (Fsp3) is 1.00. The third-order valence-electron chi connectivity index (χ3n) is 5.54. The van der Waals surface area contributed by atoms with Crippen LogP contribution in [-0.4, -0.2) is 61.2 Å². The molecule has 112 valence electrons. The molecular weight excluding hydrogens is 234 g/mol.